The molecule has 2 atom stereocenters. The van der Waals surface area contributed by atoms with Crippen molar-refractivity contribution >= 4 is 0 Å². The van der Waals surface area contributed by atoms with E-state index in [0.29, 0.717) is 17.1 Å². The van der Waals surface area contributed by atoms with Crippen LogP contribution < -0.4 is 14.8 Å². The van der Waals surface area contributed by atoms with E-state index in [9.17, 15) is 35.8 Å². The number of benzene rings is 3. The Morgan fingerprint density at radius 3 is 1.92 bits per heavy atom. The molecule has 3 rings (SSSR count). The van der Waals surface area contributed by atoms with Crippen molar-refractivity contribution in [1.29, 1.82) is 0 Å². The molecule has 0 aliphatic rings. The smallest absolute Gasteiger partial charge is 0.457 e. The Hall–Kier alpha value is -3.31. The van der Waals surface area contributed by atoms with Crippen LogP contribution in [0.2, 0.25) is 0 Å². The predicted octanol–water partition coefficient (Wildman–Crippen LogP) is 6.88. The number of halogens is 7. The van der Waals surface area contributed by atoms with Crippen LogP contribution in [0.5, 0.6) is 17.2 Å². The van der Waals surface area contributed by atoms with Gasteiger partial charge in [0.1, 0.15) is 17.2 Å². The summed E-state index contributed by atoms with van der Waals surface area (Å²) in [6.45, 7) is 1.04. The van der Waals surface area contributed by atoms with Gasteiger partial charge in [-0.25, -0.2) is 0 Å². The monoisotopic (exact) mass is 531 g/mol. The molecule has 37 heavy (non-hydrogen) atoms. The maximum absolute atomic E-state index is 13.4. The molecule has 0 radical (unpaired) electrons. The van der Waals surface area contributed by atoms with Crippen molar-refractivity contribution in [2.45, 2.75) is 44.2 Å². The van der Waals surface area contributed by atoms with Crippen LogP contribution >= 0.6 is 0 Å². The van der Waals surface area contributed by atoms with E-state index < -0.39 is 43.2 Å². The number of aliphatic hydroxyl groups is 1. The van der Waals surface area contributed by atoms with Crippen LogP contribution in [0.3, 0.4) is 0 Å². The summed E-state index contributed by atoms with van der Waals surface area (Å²) in [4.78, 5) is 0. The molecule has 0 aromatic heterocycles. The Balaban J connectivity index is 1.94. The van der Waals surface area contributed by atoms with Crippen LogP contribution in [0, 0.1) is 0 Å². The Bertz CT molecular complexity index is 1170. The third-order valence-electron chi connectivity index (χ3n) is 5.33. The first-order chi connectivity index (χ1) is 17.4. The van der Waals surface area contributed by atoms with E-state index in [1.54, 1.807) is 24.3 Å². The molecule has 3 aromatic carbocycles. The summed E-state index contributed by atoms with van der Waals surface area (Å²) in [6.07, 6.45) is -15.7. The molecule has 0 fully saturated rings. The molecule has 0 saturated heterocycles. The van der Waals surface area contributed by atoms with Gasteiger partial charge >= 0.3 is 18.7 Å². The van der Waals surface area contributed by atoms with Crippen molar-refractivity contribution in [3.63, 3.8) is 0 Å². The Morgan fingerprint density at radius 1 is 0.811 bits per heavy atom. The Kier molecular flexibility index (Phi) is 9.03. The molecule has 200 valence electrons. The van der Waals surface area contributed by atoms with Gasteiger partial charge in [-0.05, 0) is 59.5 Å². The minimum absolute atomic E-state index is 0.127. The van der Waals surface area contributed by atoms with Gasteiger partial charge in [-0.2, -0.15) is 30.7 Å². The second kappa shape index (κ2) is 11.8. The minimum Gasteiger partial charge on any atom is -0.457 e. The lowest BCUT2D eigenvalue weighted by Crippen LogP contribution is -2.40. The van der Waals surface area contributed by atoms with Crippen molar-refractivity contribution in [1.82, 2.24) is 5.32 Å². The fourth-order valence-electron chi connectivity index (χ4n) is 3.46. The zero-order valence-corrected chi connectivity index (χ0v) is 19.5. The van der Waals surface area contributed by atoms with Gasteiger partial charge in [0.2, 0.25) is 0 Å². The fraction of sp³-hybridized carbons (Fsp3) is 0.308. The van der Waals surface area contributed by atoms with Crippen molar-refractivity contribution in [2.24, 2.45) is 0 Å². The maximum Gasteiger partial charge on any atom is 0.461 e. The molecular weight excluding hydrogens is 507 g/mol. The van der Waals surface area contributed by atoms with E-state index in [4.69, 9.17) is 4.74 Å². The summed E-state index contributed by atoms with van der Waals surface area (Å²) < 4.78 is 101. The van der Waals surface area contributed by atoms with Crippen LogP contribution in [0.4, 0.5) is 30.7 Å². The number of hydrogen-bond donors (Lipinski definition) is 2. The lowest BCUT2D eigenvalue weighted by molar-refractivity contribution is -0.253. The highest BCUT2D eigenvalue weighted by atomic mass is 19.4. The molecule has 11 heteroatoms. The molecule has 2 unspecified atom stereocenters. The number of ether oxygens (including phenoxy) is 2. The molecule has 0 amide bonds. The van der Waals surface area contributed by atoms with Gasteiger partial charge in [0, 0.05) is 6.54 Å². The second-order valence-corrected chi connectivity index (χ2v) is 8.11. The van der Waals surface area contributed by atoms with Gasteiger partial charge in [-0.15, -0.1) is 0 Å². The van der Waals surface area contributed by atoms with Crippen LogP contribution in [-0.2, 0) is 6.42 Å². The average Bonchev–Trinajstić information content (AvgIpc) is 2.84. The molecule has 0 bridgehead atoms. The molecule has 0 aliphatic carbocycles. The molecule has 4 nitrogen and oxygen atoms in total. The van der Waals surface area contributed by atoms with Gasteiger partial charge in [-0.1, -0.05) is 43.3 Å². The molecule has 0 saturated carbocycles. The van der Waals surface area contributed by atoms with E-state index in [0.717, 1.165) is 24.1 Å². The molecule has 0 spiro atoms. The zero-order chi connectivity index (χ0) is 27.2. The third-order valence-corrected chi connectivity index (χ3v) is 5.33. The summed E-state index contributed by atoms with van der Waals surface area (Å²) in [5.41, 5.74) is 1.50. The summed E-state index contributed by atoms with van der Waals surface area (Å²) in [5, 5.41) is 12.0. The van der Waals surface area contributed by atoms with Crippen molar-refractivity contribution in [3.8, 4) is 17.2 Å². The van der Waals surface area contributed by atoms with Gasteiger partial charge in [0.25, 0.3) is 0 Å². The minimum atomic E-state index is -4.91. The van der Waals surface area contributed by atoms with Crippen LogP contribution in [0.15, 0.2) is 72.8 Å². The first-order valence-corrected chi connectivity index (χ1v) is 11.2. The highest BCUT2D eigenvalue weighted by Gasteiger charge is 2.44. The quantitative estimate of drug-likeness (QED) is 0.265. The molecule has 0 aliphatic heterocycles. The van der Waals surface area contributed by atoms with Gasteiger partial charge in [0.15, 0.2) is 6.10 Å². The van der Waals surface area contributed by atoms with Crippen molar-refractivity contribution < 1.29 is 45.3 Å². The second-order valence-electron chi connectivity index (χ2n) is 8.11. The first kappa shape index (κ1) is 28.3. The SMILES string of the molecule is CCc1cccc(Oc2cccc(C(NCC(O)C(F)(F)F)c3cccc(OC(F)(F)C(F)F)c3)c2)c1. The van der Waals surface area contributed by atoms with Crippen molar-refractivity contribution in [2.75, 3.05) is 6.54 Å². The summed E-state index contributed by atoms with van der Waals surface area (Å²) in [6, 6.07) is 17.1. The standard InChI is InChI=1S/C26H24F7NO3/c1-2-16-6-3-9-19(12-16)36-20-10-4-7-17(13-20)23(34-15-22(35)25(29,30)31)18-8-5-11-21(14-18)37-26(32,33)24(27)28/h3-14,22-24,34-35H,2,15H2,1H3. The number of nitrogens with one attached hydrogen (secondary N) is 1. The summed E-state index contributed by atoms with van der Waals surface area (Å²) >= 11 is 0. The topological polar surface area (TPSA) is 50.7 Å². The molecule has 3 aromatic rings. The Morgan fingerprint density at radius 2 is 1.35 bits per heavy atom. The average molecular weight is 531 g/mol. The largest absolute Gasteiger partial charge is 0.461 e. The first-order valence-electron chi connectivity index (χ1n) is 11.2. The number of aryl methyl sites for hydroxylation is 1. The summed E-state index contributed by atoms with van der Waals surface area (Å²) in [5.74, 6) is 0.249. The van der Waals surface area contributed by atoms with Gasteiger partial charge in [-0.3, -0.25) is 0 Å². The van der Waals surface area contributed by atoms with E-state index in [-0.39, 0.29) is 5.56 Å². The molecule has 2 N–H and O–H groups in total. The summed E-state index contributed by atoms with van der Waals surface area (Å²) in [7, 11) is 0. The predicted molar refractivity (Wildman–Crippen MR) is 122 cm³/mol. The van der Waals surface area contributed by atoms with Crippen LogP contribution in [0.25, 0.3) is 0 Å². The maximum atomic E-state index is 13.4. The molecule has 0 heterocycles. The Labute approximate surface area is 208 Å². The number of aliphatic hydroxyl groups excluding tert-OH is 1. The number of hydrogen-bond acceptors (Lipinski definition) is 4. The zero-order valence-electron chi connectivity index (χ0n) is 19.5. The van der Waals surface area contributed by atoms with Gasteiger partial charge < -0.3 is 19.9 Å². The normalized spacial score (nSPS) is 13.9. The van der Waals surface area contributed by atoms with E-state index in [1.165, 1.54) is 18.2 Å². The van der Waals surface area contributed by atoms with Gasteiger partial charge in [0.05, 0.1) is 6.04 Å². The van der Waals surface area contributed by atoms with Crippen molar-refractivity contribution in [3.05, 3.63) is 89.5 Å². The van der Waals surface area contributed by atoms with E-state index in [1.807, 2.05) is 25.1 Å². The van der Waals surface area contributed by atoms with Crippen LogP contribution in [0.1, 0.15) is 29.7 Å². The third kappa shape index (κ3) is 7.83. The lowest BCUT2D eigenvalue weighted by Gasteiger charge is -2.24. The lowest BCUT2D eigenvalue weighted by atomic mass is 9.98. The highest BCUT2D eigenvalue weighted by molar-refractivity contribution is 5.41. The van der Waals surface area contributed by atoms with E-state index >= 15 is 0 Å². The highest BCUT2D eigenvalue weighted by Crippen LogP contribution is 2.33. The fourth-order valence-corrected chi connectivity index (χ4v) is 3.46. The molecular formula is C26H24F7NO3. The van der Waals surface area contributed by atoms with E-state index in [2.05, 4.69) is 10.1 Å². The van der Waals surface area contributed by atoms with Crippen LogP contribution in [-0.4, -0.2) is 36.5 Å². The number of rotatable bonds is 11. The number of alkyl halides is 7.